The maximum Gasteiger partial charge on any atom is 0.294 e. The Morgan fingerprint density at radius 2 is 1.60 bits per heavy atom. The summed E-state index contributed by atoms with van der Waals surface area (Å²) < 4.78 is 6.44. The number of Topliss-reactive ketones (excluding diaryl/α,β-unsaturated/α-hetero) is 1. The minimum atomic E-state index is -0.720. The monoisotopic (exact) mass is 578 g/mol. The number of furan rings is 1. The molecular weight excluding hydrogens is 544 g/mol. The highest BCUT2D eigenvalue weighted by Crippen LogP contribution is 2.43. The number of aromatic amines is 1. The number of ketones is 1. The minimum Gasteiger partial charge on any atom is -0.454 e. The van der Waals surface area contributed by atoms with Crippen molar-refractivity contribution in [2.24, 2.45) is 0 Å². The Bertz CT molecular complexity index is 1920. The highest BCUT2D eigenvalue weighted by atomic mass is 16.3. The number of likely N-dealkylation sites (N-methyl/N-ethyl adjacent to an activating group) is 1. The average Bonchev–Trinajstić information content (AvgIpc) is 3.57. The number of H-pyrrole nitrogens is 1. The second-order valence-corrected chi connectivity index (χ2v) is 11.8. The van der Waals surface area contributed by atoms with Gasteiger partial charge in [-0.15, -0.1) is 0 Å². The summed E-state index contributed by atoms with van der Waals surface area (Å²) in [5.41, 5.74) is 4.29. The predicted octanol–water partition coefficient (Wildman–Crippen LogP) is 5.72. The maximum absolute atomic E-state index is 13.4. The lowest BCUT2D eigenvalue weighted by Gasteiger charge is -2.20. The van der Waals surface area contributed by atoms with Gasteiger partial charge in [-0.2, -0.15) is 0 Å². The van der Waals surface area contributed by atoms with E-state index in [0.29, 0.717) is 55.4 Å². The van der Waals surface area contributed by atoms with Gasteiger partial charge in [0.1, 0.15) is 11.3 Å². The van der Waals surface area contributed by atoms with E-state index in [9.17, 15) is 19.2 Å². The Kier molecular flexibility index (Phi) is 7.43. The number of carbonyl (C=O) groups excluding carboxylic acids is 4. The lowest BCUT2D eigenvalue weighted by Crippen LogP contribution is -2.40. The summed E-state index contributed by atoms with van der Waals surface area (Å²) in [5, 5.41) is 6.53. The molecule has 3 amide bonds. The first-order valence-corrected chi connectivity index (χ1v) is 13.9. The molecule has 0 aliphatic heterocycles. The smallest absolute Gasteiger partial charge is 0.294 e. The van der Waals surface area contributed by atoms with E-state index in [1.165, 1.54) is 32.2 Å². The molecule has 0 unspecified atom stereocenters. The fourth-order valence-electron chi connectivity index (χ4n) is 5.08. The van der Waals surface area contributed by atoms with Crippen LogP contribution in [0.25, 0.3) is 44.3 Å². The zero-order valence-corrected chi connectivity index (χ0v) is 25.3. The highest BCUT2D eigenvalue weighted by molar-refractivity contribution is 6.46. The Hall–Kier alpha value is -5.18. The van der Waals surface area contributed by atoms with Crippen LogP contribution in [0, 0.1) is 6.92 Å². The maximum atomic E-state index is 13.4. The summed E-state index contributed by atoms with van der Waals surface area (Å²) >= 11 is 0. The van der Waals surface area contributed by atoms with Crippen molar-refractivity contribution in [3.8, 4) is 22.5 Å². The summed E-state index contributed by atoms with van der Waals surface area (Å²) in [7, 11) is 4.56. The van der Waals surface area contributed by atoms with Crippen LogP contribution in [0.2, 0.25) is 0 Å². The van der Waals surface area contributed by atoms with Gasteiger partial charge in [0.25, 0.3) is 23.5 Å². The molecule has 0 aliphatic carbocycles. The molecule has 5 rings (SSSR count). The standard InChI is InChI=1S/C34H34N4O5/c1-18-11-13-19(14-12-18)29-26(32(41)35-5)23-16-22(20-9-8-10-21(15-20)31(40)37-34(2,3)4)27-25(30(23)43-29)24(17-36-27)28(39)33(42)38(6)7/h8-17,36H,1-7H3,(H,35,41)(H,37,40). The summed E-state index contributed by atoms with van der Waals surface area (Å²) in [6.07, 6.45) is 1.49. The number of amides is 3. The van der Waals surface area contributed by atoms with Crippen LogP contribution < -0.4 is 10.6 Å². The molecule has 2 heterocycles. The van der Waals surface area contributed by atoms with Crippen molar-refractivity contribution < 1.29 is 23.6 Å². The number of nitrogens with zero attached hydrogens (tertiary/aromatic N) is 1. The molecule has 3 N–H and O–H groups in total. The lowest BCUT2D eigenvalue weighted by molar-refractivity contribution is -0.124. The first-order valence-electron chi connectivity index (χ1n) is 13.9. The van der Waals surface area contributed by atoms with Gasteiger partial charge in [-0.05, 0) is 51.5 Å². The predicted molar refractivity (Wildman–Crippen MR) is 167 cm³/mol. The summed E-state index contributed by atoms with van der Waals surface area (Å²) in [4.78, 5) is 57.1. The normalized spacial score (nSPS) is 11.5. The molecule has 220 valence electrons. The summed E-state index contributed by atoms with van der Waals surface area (Å²) in [5.74, 6) is -1.68. The van der Waals surface area contributed by atoms with E-state index in [1.54, 1.807) is 18.2 Å². The Labute approximate surface area is 249 Å². The molecule has 3 aromatic carbocycles. The van der Waals surface area contributed by atoms with E-state index in [-0.39, 0.29) is 17.4 Å². The zero-order chi connectivity index (χ0) is 31.2. The van der Waals surface area contributed by atoms with Gasteiger partial charge in [-0.25, -0.2) is 0 Å². The van der Waals surface area contributed by atoms with E-state index in [0.717, 1.165) is 5.56 Å². The summed E-state index contributed by atoms with van der Waals surface area (Å²) in [6, 6.07) is 16.5. The Morgan fingerprint density at radius 3 is 2.23 bits per heavy atom. The third-order valence-corrected chi connectivity index (χ3v) is 7.15. The van der Waals surface area contributed by atoms with Crippen molar-refractivity contribution in [2.45, 2.75) is 33.2 Å². The van der Waals surface area contributed by atoms with Gasteiger partial charge < -0.3 is 24.9 Å². The number of benzene rings is 3. The fraction of sp³-hybridized carbons (Fsp3) is 0.235. The van der Waals surface area contributed by atoms with Crippen LogP contribution in [-0.4, -0.2) is 60.1 Å². The van der Waals surface area contributed by atoms with Crippen molar-refractivity contribution in [1.82, 2.24) is 20.5 Å². The third kappa shape index (κ3) is 5.41. The number of hydrogen-bond acceptors (Lipinski definition) is 5. The number of carbonyl (C=O) groups is 4. The van der Waals surface area contributed by atoms with Crippen LogP contribution in [0.3, 0.4) is 0 Å². The number of rotatable bonds is 6. The van der Waals surface area contributed by atoms with Crippen LogP contribution in [0.5, 0.6) is 0 Å². The largest absolute Gasteiger partial charge is 0.454 e. The molecular formula is C34H34N4O5. The van der Waals surface area contributed by atoms with Crippen LogP contribution in [0.1, 0.15) is 57.4 Å². The quantitative estimate of drug-likeness (QED) is 0.176. The van der Waals surface area contributed by atoms with Crippen molar-refractivity contribution in [3.05, 3.63) is 83.0 Å². The van der Waals surface area contributed by atoms with Gasteiger partial charge >= 0.3 is 0 Å². The second-order valence-electron chi connectivity index (χ2n) is 11.8. The lowest BCUT2D eigenvalue weighted by atomic mass is 9.94. The molecule has 9 heteroatoms. The van der Waals surface area contributed by atoms with Crippen LogP contribution >= 0.6 is 0 Å². The number of aryl methyl sites for hydroxylation is 1. The molecule has 0 saturated carbocycles. The van der Waals surface area contributed by atoms with Crippen LogP contribution in [-0.2, 0) is 4.79 Å². The van der Waals surface area contributed by atoms with E-state index in [2.05, 4.69) is 15.6 Å². The van der Waals surface area contributed by atoms with Gasteiger partial charge in [0.15, 0.2) is 0 Å². The molecule has 43 heavy (non-hydrogen) atoms. The van der Waals surface area contributed by atoms with E-state index in [1.807, 2.05) is 64.1 Å². The average molecular weight is 579 g/mol. The molecule has 0 aliphatic rings. The third-order valence-electron chi connectivity index (χ3n) is 7.15. The number of nitrogens with one attached hydrogen (secondary N) is 3. The molecule has 5 aromatic rings. The van der Waals surface area contributed by atoms with Gasteiger partial charge in [0.05, 0.1) is 22.0 Å². The van der Waals surface area contributed by atoms with Crippen molar-refractivity contribution in [1.29, 1.82) is 0 Å². The van der Waals surface area contributed by atoms with Crippen LogP contribution in [0.4, 0.5) is 0 Å². The van der Waals surface area contributed by atoms with E-state index < -0.39 is 17.2 Å². The second kappa shape index (κ2) is 10.9. The molecule has 0 radical (unpaired) electrons. The number of hydrogen-bond donors (Lipinski definition) is 3. The first-order chi connectivity index (χ1) is 20.3. The highest BCUT2D eigenvalue weighted by Gasteiger charge is 2.30. The molecule has 0 fully saturated rings. The molecule has 9 nitrogen and oxygen atoms in total. The Balaban J connectivity index is 1.86. The van der Waals surface area contributed by atoms with Gasteiger partial charge in [0.2, 0.25) is 0 Å². The van der Waals surface area contributed by atoms with Crippen LogP contribution in [0.15, 0.2) is 65.2 Å². The van der Waals surface area contributed by atoms with Gasteiger partial charge in [-0.1, -0.05) is 42.0 Å². The van der Waals surface area contributed by atoms with Crippen molar-refractivity contribution >= 4 is 45.4 Å². The van der Waals surface area contributed by atoms with E-state index in [4.69, 9.17) is 4.42 Å². The number of aromatic nitrogens is 1. The van der Waals surface area contributed by atoms with Gasteiger partial charge in [0, 0.05) is 55.0 Å². The van der Waals surface area contributed by atoms with Gasteiger partial charge in [-0.3, -0.25) is 19.2 Å². The molecule has 2 aromatic heterocycles. The molecule has 0 saturated heterocycles. The molecule has 0 atom stereocenters. The topological polar surface area (TPSA) is 125 Å². The molecule has 0 bridgehead atoms. The summed E-state index contributed by atoms with van der Waals surface area (Å²) in [6.45, 7) is 7.68. The van der Waals surface area contributed by atoms with Crippen molar-refractivity contribution in [2.75, 3.05) is 21.1 Å². The van der Waals surface area contributed by atoms with Crippen molar-refractivity contribution in [3.63, 3.8) is 0 Å². The molecule has 0 spiro atoms. The SMILES string of the molecule is CNC(=O)c1c(-c2ccc(C)cc2)oc2c1cc(-c1cccc(C(=O)NC(C)(C)C)c1)c1[nH]cc(C(=O)C(=O)N(C)C)c12. The zero-order valence-electron chi connectivity index (χ0n) is 25.3. The fourth-order valence-corrected chi connectivity index (χ4v) is 5.08. The minimum absolute atomic E-state index is 0.120. The Morgan fingerprint density at radius 1 is 0.907 bits per heavy atom. The first kappa shape index (κ1) is 29.3. The number of fused-ring (bicyclic) bond motifs is 3. The van der Waals surface area contributed by atoms with E-state index >= 15 is 0 Å².